The van der Waals surface area contributed by atoms with Gasteiger partial charge in [-0.1, -0.05) is 24.3 Å². The fourth-order valence-corrected chi connectivity index (χ4v) is 3.42. The van der Waals surface area contributed by atoms with Crippen LogP contribution >= 0.6 is 0 Å². The minimum atomic E-state index is -3.48. The smallest absolute Gasteiger partial charge is 0.229 e. The van der Waals surface area contributed by atoms with Gasteiger partial charge in [-0.25, -0.2) is 8.42 Å². The van der Waals surface area contributed by atoms with E-state index in [0.717, 1.165) is 11.8 Å². The van der Waals surface area contributed by atoms with Gasteiger partial charge in [0.15, 0.2) is 5.78 Å². The molecule has 0 radical (unpaired) electrons. The molecular formula is C15H11N3O3S. The largest absolute Gasteiger partial charge is 0.288 e. The summed E-state index contributed by atoms with van der Waals surface area (Å²) in [5, 5.41) is 7.83. The minimum Gasteiger partial charge on any atom is -0.288 e. The topological polar surface area (TPSA) is 91.9 Å². The molecule has 7 heteroatoms. The molecule has 1 aliphatic rings. The Bertz CT molecular complexity index is 1050. The normalized spacial score (nSPS) is 13.2. The Morgan fingerprint density at radius 3 is 2.55 bits per heavy atom. The number of hydrogen-bond acceptors (Lipinski definition) is 4. The molecule has 2 N–H and O–H groups in total. The van der Waals surface area contributed by atoms with E-state index in [1.165, 1.54) is 0 Å². The molecule has 22 heavy (non-hydrogen) atoms. The van der Waals surface area contributed by atoms with E-state index in [-0.39, 0.29) is 11.5 Å². The van der Waals surface area contributed by atoms with E-state index in [1.807, 2.05) is 12.1 Å². The number of ketones is 1. The van der Waals surface area contributed by atoms with E-state index in [1.54, 1.807) is 24.3 Å². The van der Waals surface area contributed by atoms with Gasteiger partial charge in [-0.15, -0.1) is 0 Å². The highest BCUT2D eigenvalue weighted by Crippen LogP contribution is 2.40. The fourth-order valence-electron chi connectivity index (χ4n) is 2.85. The lowest BCUT2D eigenvalue weighted by Gasteiger charge is -2.17. The molecule has 0 unspecified atom stereocenters. The first-order valence-electron chi connectivity index (χ1n) is 6.59. The van der Waals surface area contributed by atoms with Gasteiger partial charge >= 0.3 is 0 Å². The minimum absolute atomic E-state index is 0.207. The third-order valence-electron chi connectivity index (χ3n) is 3.68. The van der Waals surface area contributed by atoms with Crippen molar-refractivity contribution in [2.75, 3.05) is 11.0 Å². The van der Waals surface area contributed by atoms with E-state index in [2.05, 4.69) is 14.9 Å². The number of carbonyl (C=O) groups is 1. The molecule has 3 aromatic rings. The van der Waals surface area contributed by atoms with Gasteiger partial charge in [0.25, 0.3) is 0 Å². The van der Waals surface area contributed by atoms with Crippen LogP contribution in [0.5, 0.6) is 0 Å². The van der Waals surface area contributed by atoms with Crippen LogP contribution in [0, 0.1) is 0 Å². The highest BCUT2D eigenvalue weighted by molar-refractivity contribution is 7.92. The summed E-state index contributed by atoms with van der Waals surface area (Å²) in [5.41, 5.74) is 3.25. The summed E-state index contributed by atoms with van der Waals surface area (Å²) in [6.07, 6.45) is 1.06. The summed E-state index contributed by atoms with van der Waals surface area (Å²) in [5.74, 6) is -0.207. The number of sulfonamides is 1. The number of carbonyl (C=O) groups excluding carboxylic acids is 1. The second-order valence-electron chi connectivity index (χ2n) is 5.23. The van der Waals surface area contributed by atoms with Crippen molar-refractivity contribution < 1.29 is 13.2 Å². The van der Waals surface area contributed by atoms with Crippen LogP contribution in [0.2, 0.25) is 0 Å². The Kier molecular flexibility index (Phi) is 2.47. The first kappa shape index (κ1) is 13.0. The summed E-state index contributed by atoms with van der Waals surface area (Å²) in [7, 11) is -3.48. The molecule has 0 spiro atoms. The maximum atomic E-state index is 12.8. The molecule has 0 bridgehead atoms. The van der Waals surface area contributed by atoms with Crippen LogP contribution in [-0.2, 0) is 10.0 Å². The molecule has 0 fully saturated rings. The molecule has 2 aromatic carbocycles. The van der Waals surface area contributed by atoms with Crippen molar-refractivity contribution in [3.05, 3.63) is 47.5 Å². The third kappa shape index (κ3) is 1.75. The first-order valence-corrected chi connectivity index (χ1v) is 8.48. The Morgan fingerprint density at radius 1 is 1.09 bits per heavy atom. The summed E-state index contributed by atoms with van der Waals surface area (Å²) < 4.78 is 25.5. The Hall–Kier alpha value is -2.67. The summed E-state index contributed by atoms with van der Waals surface area (Å²) in [6, 6.07) is 10.5. The van der Waals surface area contributed by atoms with Crippen molar-refractivity contribution in [1.29, 1.82) is 0 Å². The number of fused-ring (bicyclic) bond motifs is 2. The van der Waals surface area contributed by atoms with Crippen LogP contribution in [0.4, 0.5) is 5.69 Å². The van der Waals surface area contributed by atoms with Crippen molar-refractivity contribution in [3.63, 3.8) is 0 Å². The van der Waals surface area contributed by atoms with Crippen molar-refractivity contribution in [2.24, 2.45) is 0 Å². The number of hydrogen-bond donors (Lipinski definition) is 2. The maximum Gasteiger partial charge on any atom is 0.229 e. The van der Waals surface area contributed by atoms with Gasteiger partial charge in [0.1, 0.15) is 5.69 Å². The zero-order chi connectivity index (χ0) is 15.5. The number of nitrogens with one attached hydrogen (secondary N) is 2. The van der Waals surface area contributed by atoms with Crippen molar-refractivity contribution in [3.8, 4) is 11.3 Å². The number of anilines is 1. The van der Waals surface area contributed by atoms with Crippen LogP contribution in [0.15, 0.2) is 36.4 Å². The van der Waals surface area contributed by atoms with E-state index in [0.29, 0.717) is 27.7 Å². The van der Waals surface area contributed by atoms with Crippen LogP contribution in [0.25, 0.3) is 22.2 Å². The van der Waals surface area contributed by atoms with Crippen LogP contribution in [0.1, 0.15) is 15.9 Å². The summed E-state index contributed by atoms with van der Waals surface area (Å²) >= 11 is 0. The number of rotatable bonds is 2. The van der Waals surface area contributed by atoms with Crippen LogP contribution in [-0.4, -0.2) is 30.7 Å². The number of H-pyrrole nitrogens is 1. The second kappa shape index (κ2) is 4.17. The lowest BCUT2D eigenvalue weighted by molar-refractivity contribution is 0.104. The van der Waals surface area contributed by atoms with Crippen molar-refractivity contribution in [2.45, 2.75) is 0 Å². The van der Waals surface area contributed by atoms with Crippen LogP contribution in [0.3, 0.4) is 0 Å². The fraction of sp³-hybridized carbons (Fsp3) is 0.0667. The number of aromatic amines is 1. The molecule has 1 heterocycles. The molecule has 1 aliphatic carbocycles. The monoisotopic (exact) mass is 313 g/mol. The number of nitrogens with zero attached hydrogens (tertiary/aromatic N) is 1. The number of benzene rings is 2. The average molecular weight is 313 g/mol. The van der Waals surface area contributed by atoms with Crippen molar-refractivity contribution >= 4 is 32.4 Å². The zero-order valence-electron chi connectivity index (χ0n) is 11.5. The summed E-state index contributed by atoms with van der Waals surface area (Å²) in [6.45, 7) is 0. The molecular weight excluding hydrogens is 302 g/mol. The van der Waals surface area contributed by atoms with Crippen molar-refractivity contribution in [1.82, 2.24) is 10.2 Å². The second-order valence-corrected chi connectivity index (χ2v) is 6.98. The summed E-state index contributed by atoms with van der Waals surface area (Å²) in [4.78, 5) is 12.8. The SMILES string of the molecule is CS(=O)(=O)Nc1ccc2[nH]nc3c2c1C(=O)c1ccccc1-3. The highest BCUT2D eigenvalue weighted by atomic mass is 32.2. The predicted molar refractivity (Wildman–Crippen MR) is 83.4 cm³/mol. The molecule has 6 nitrogen and oxygen atoms in total. The molecule has 0 atom stereocenters. The van der Waals surface area contributed by atoms with Gasteiger partial charge in [-0.3, -0.25) is 14.6 Å². The van der Waals surface area contributed by atoms with E-state index >= 15 is 0 Å². The molecule has 0 saturated heterocycles. The van der Waals surface area contributed by atoms with E-state index < -0.39 is 10.0 Å². The number of aromatic nitrogens is 2. The van der Waals surface area contributed by atoms with E-state index in [9.17, 15) is 13.2 Å². The molecule has 1 aromatic heterocycles. The molecule has 0 amide bonds. The molecule has 110 valence electrons. The average Bonchev–Trinajstić information content (AvgIpc) is 2.88. The van der Waals surface area contributed by atoms with Gasteiger partial charge in [0.05, 0.1) is 23.0 Å². The Balaban J connectivity index is 2.12. The van der Waals surface area contributed by atoms with Gasteiger partial charge in [0, 0.05) is 16.5 Å². The molecule has 0 aliphatic heterocycles. The lowest BCUT2D eigenvalue weighted by Crippen LogP contribution is -2.16. The van der Waals surface area contributed by atoms with Crippen LogP contribution < -0.4 is 4.72 Å². The highest BCUT2D eigenvalue weighted by Gasteiger charge is 2.30. The van der Waals surface area contributed by atoms with Gasteiger partial charge in [0.2, 0.25) is 10.0 Å². The maximum absolute atomic E-state index is 12.8. The molecule has 4 rings (SSSR count). The Morgan fingerprint density at radius 2 is 1.82 bits per heavy atom. The zero-order valence-corrected chi connectivity index (χ0v) is 12.4. The van der Waals surface area contributed by atoms with Gasteiger partial charge in [-0.2, -0.15) is 5.10 Å². The Labute approximate surface area is 126 Å². The third-order valence-corrected chi connectivity index (χ3v) is 4.27. The predicted octanol–water partition coefficient (Wildman–Crippen LogP) is 2.15. The van der Waals surface area contributed by atoms with Gasteiger partial charge < -0.3 is 0 Å². The first-order chi connectivity index (χ1) is 10.5. The van der Waals surface area contributed by atoms with Gasteiger partial charge in [-0.05, 0) is 12.1 Å². The quantitative estimate of drug-likeness (QED) is 0.593. The standard InChI is InChI=1S/C15H11N3O3S/c1-22(20,21)18-11-7-6-10-12-13(11)15(19)9-5-3-2-4-8(9)14(12)17-16-10/h2-7,18H,1H3,(H,16,17). The van der Waals surface area contributed by atoms with E-state index in [4.69, 9.17) is 0 Å². The lowest BCUT2D eigenvalue weighted by atomic mass is 9.86. The molecule has 0 saturated carbocycles.